The lowest BCUT2D eigenvalue weighted by Crippen LogP contribution is -2.37. The smallest absolute Gasteiger partial charge is 0.272 e. The van der Waals surface area contributed by atoms with Crippen LogP contribution in [0, 0.1) is 29.4 Å². The van der Waals surface area contributed by atoms with Crippen molar-refractivity contribution < 1.29 is 9.66 Å². The van der Waals surface area contributed by atoms with E-state index in [-0.39, 0.29) is 16.0 Å². The van der Waals surface area contributed by atoms with Crippen LogP contribution in [0.1, 0.15) is 30.4 Å². The van der Waals surface area contributed by atoms with E-state index >= 15 is 0 Å². The van der Waals surface area contributed by atoms with Crippen LogP contribution in [0.25, 0.3) is 0 Å². The maximum Gasteiger partial charge on any atom is 0.272 e. The van der Waals surface area contributed by atoms with Crippen LogP contribution in [0.5, 0.6) is 5.75 Å². The number of hydrogen-bond donors (Lipinski definition) is 0. The molecule has 0 unspecified atom stereocenters. The Morgan fingerprint density at radius 2 is 2.05 bits per heavy atom. The molecule has 0 N–H and O–H groups in total. The van der Waals surface area contributed by atoms with E-state index in [1.165, 1.54) is 19.3 Å². The summed E-state index contributed by atoms with van der Waals surface area (Å²) in [5.74, 6) is 0.760. The molecule has 0 spiro atoms. The van der Waals surface area contributed by atoms with Crippen molar-refractivity contribution in [3.8, 4) is 5.75 Å². The fourth-order valence-corrected chi connectivity index (χ4v) is 3.07. The fourth-order valence-electron chi connectivity index (χ4n) is 2.35. The Kier molecular flexibility index (Phi) is 4.13. The predicted molar refractivity (Wildman–Crippen MR) is 78.1 cm³/mol. The summed E-state index contributed by atoms with van der Waals surface area (Å²) in [5.41, 5.74) is 1.87. The van der Waals surface area contributed by atoms with Crippen molar-refractivity contribution in [2.45, 2.75) is 33.1 Å². The van der Waals surface area contributed by atoms with Gasteiger partial charge in [0.25, 0.3) is 5.69 Å². The number of alkyl halides is 1. The minimum absolute atomic E-state index is 0.156. The molecule has 0 saturated heterocycles. The summed E-state index contributed by atoms with van der Waals surface area (Å²) >= 11 is 3.55. The van der Waals surface area contributed by atoms with Crippen molar-refractivity contribution >= 4 is 21.6 Å². The van der Waals surface area contributed by atoms with Gasteiger partial charge >= 0.3 is 0 Å². The molecular formula is C14H18BrNO3. The second kappa shape index (κ2) is 5.49. The molecule has 1 aromatic carbocycles. The van der Waals surface area contributed by atoms with Gasteiger partial charge < -0.3 is 4.74 Å². The molecule has 1 fully saturated rings. The summed E-state index contributed by atoms with van der Waals surface area (Å²) in [7, 11) is 0. The quantitative estimate of drug-likeness (QED) is 0.463. The molecule has 2 rings (SSSR count). The van der Waals surface area contributed by atoms with Crippen molar-refractivity contribution in [1.29, 1.82) is 0 Å². The number of nitro groups is 1. The fraction of sp³-hybridized carbons (Fsp3) is 0.571. The van der Waals surface area contributed by atoms with Gasteiger partial charge in [0, 0.05) is 22.4 Å². The monoisotopic (exact) mass is 327 g/mol. The van der Waals surface area contributed by atoms with Crippen LogP contribution in [-0.4, -0.2) is 16.9 Å². The zero-order valence-corrected chi connectivity index (χ0v) is 12.8. The number of aryl methyl sites for hydroxylation is 2. The number of nitro benzene ring substituents is 1. The first-order valence-corrected chi connectivity index (χ1v) is 7.54. The van der Waals surface area contributed by atoms with E-state index in [9.17, 15) is 10.1 Å². The van der Waals surface area contributed by atoms with Gasteiger partial charge in [-0.2, -0.15) is 0 Å². The van der Waals surface area contributed by atoms with E-state index in [1.807, 2.05) is 6.92 Å². The van der Waals surface area contributed by atoms with Gasteiger partial charge in [-0.05, 0) is 38.3 Å². The van der Waals surface area contributed by atoms with E-state index in [0.29, 0.717) is 12.2 Å². The second-order valence-corrected chi connectivity index (χ2v) is 6.00. The minimum atomic E-state index is -0.349. The Hall–Kier alpha value is -1.10. The van der Waals surface area contributed by atoms with Crippen LogP contribution >= 0.6 is 15.9 Å². The maximum atomic E-state index is 10.9. The van der Waals surface area contributed by atoms with Gasteiger partial charge in [0.1, 0.15) is 5.75 Å². The molecule has 104 valence electrons. The minimum Gasteiger partial charge on any atom is -0.493 e. The number of hydrogen-bond acceptors (Lipinski definition) is 3. The SMILES string of the molecule is Cc1cc([N+](=O)[O-])c(C)cc1OCC1(CBr)CCC1. The molecule has 1 saturated carbocycles. The summed E-state index contributed by atoms with van der Waals surface area (Å²) in [6, 6.07) is 3.36. The van der Waals surface area contributed by atoms with Crippen molar-refractivity contribution in [2.24, 2.45) is 5.41 Å². The molecule has 0 amide bonds. The van der Waals surface area contributed by atoms with Gasteiger partial charge in [-0.1, -0.05) is 22.4 Å². The molecule has 1 aromatic rings. The van der Waals surface area contributed by atoms with Gasteiger partial charge in [0.2, 0.25) is 0 Å². The third-order valence-electron chi connectivity index (χ3n) is 3.92. The topological polar surface area (TPSA) is 52.4 Å². The van der Waals surface area contributed by atoms with E-state index in [1.54, 1.807) is 19.1 Å². The Balaban J connectivity index is 2.13. The Morgan fingerprint density at radius 3 is 2.53 bits per heavy atom. The van der Waals surface area contributed by atoms with Gasteiger partial charge in [-0.25, -0.2) is 0 Å². The summed E-state index contributed by atoms with van der Waals surface area (Å²) < 4.78 is 5.90. The molecule has 0 aromatic heterocycles. The summed E-state index contributed by atoms with van der Waals surface area (Å²) in [6.07, 6.45) is 3.62. The van der Waals surface area contributed by atoms with Crippen LogP contribution in [0.2, 0.25) is 0 Å². The highest BCUT2D eigenvalue weighted by Crippen LogP contribution is 2.43. The molecule has 19 heavy (non-hydrogen) atoms. The first-order valence-electron chi connectivity index (χ1n) is 6.42. The number of benzene rings is 1. The lowest BCUT2D eigenvalue weighted by atomic mass is 9.71. The largest absolute Gasteiger partial charge is 0.493 e. The van der Waals surface area contributed by atoms with Gasteiger partial charge in [0.15, 0.2) is 0 Å². The highest BCUT2D eigenvalue weighted by Gasteiger charge is 2.36. The van der Waals surface area contributed by atoms with Crippen LogP contribution in [0.3, 0.4) is 0 Å². The lowest BCUT2D eigenvalue weighted by molar-refractivity contribution is -0.385. The molecule has 5 heteroatoms. The molecule has 0 heterocycles. The van der Waals surface area contributed by atoms with Crippen LogP contribution in [-0.2, 0) is 0 Å². The normalized spacial score (nSPS) is 16.8. The summed E-state index contributed by atoms with van der Waals surface area (Å²) in [5, 5.41) is 11.8. The number of rotatable bonds is 5. The molecule has 0 aliphatic heterocycles. The summed E-state index contributed by atoms with van der Waals surface area (Å²) in [4.78, 5) is 10.5. The third-order valence-corrected chi connectivity index (χ3v) is 5.11. The van der Waals surface area contributed by atoms with Crippen molar-refractivity contribution in [2.75, 3.05) is 11.9 Å². The van der Waals surface area contributed by atoms with E-state index in [2.05, 4.69) is 15.9 Å². The van der Waals surface area contributed by atoms with Crippen LogP contribution in [0.4, 0.5) is 5.69 Å². The molecular weight excluding hydrogens is 310 g/mol. The van der Waals surface area contributed by atoms with Crippen molar-refractivity contribution in [1.82, 2.24) is 0 Å². The van der Waals surface area contributed by atoms with Gasteiger partial charge in [0.05, 0.1) is 11.5 Å². The zero-order valence-electron chi connectivity index (χ0n) is 11.2. The number of halogens is 1. The first kappa shape index (κ1) is 14.3. The highest BCUT2D eigenvalue weighted by molar-refractivity contribution is 9.09. The molecule has 1 aliphatic rings. The molecule has 0 bridgehead atoms. The number of ether oxygens (including phenoxy) is 1. The Labute approximate surface area is 121 Å². The second-order valence-electron chi connectivity index (χ2n) is 5.44. The first-order chi connectivity index (χ1) is 8.97. The van der Waals surface area contributed by atoms with Gasteiger partial charge in [-0.15, -0.1) is 0 Å². The van der Waals surface area contributed by atoms with Crippen LogP contribution < -0.4 is 4.74 Å². The van der Waals surface area contributed by atoms with Crippen LogP contribution in [0.15, 0.2) is 12.1 Å². The maximum absolute atomic E-state index is 10.9. The molecule has 1 aliphatic carbocycles. The number of nitrogens with zero attached hydrogens (tertiary/aromatic N) is 1. The summed E-state index contributed by atoms with van der Waals surface area (Å²) in [6.45, 7) is 4.27. The average molecular weight is 328 g/mol. The van der Waals surface area contributed by atoms with E-state index in [4.69, 9.17) is 4.74 Å². The molecule has 0 atom stereocenters. The third kappa shape index (κ3) is 2.91. The Morgan fingerprint density at radius 1 is 1.37 bits per heavy atom. The standard InChI is InChI=1S/C14H18BrNO3/c1-10-7-13(11(2)6-12(10)16(17)18)19-9-14(8-15)4-3-5-14/h6-7H,3-5,8-9H2,1-2H3. The predicted octanol–water partition coefficient (Wildman–Crippen LogP) is 4.16. The Bertz CT molecular complexity index is 492. The molecule has 0 radical (unpaired) electrons. The zero-order chi connectivity index (χ0) is 14.0. The van der Waals surface area contributed by atoms with Gasteiger partial charge in [-0.3, -0.25) is 10.1 Å². The van der Waals surface area contributed by atoms with Crippen molar-refractivity contribution in [3.05, 3.63) is 33.4 Å². The molecule has 4 nitrogen and oxygen atoms in total. The van der Waals surface area contributed by atoms with E-state index in [0.717, 1.165) is 16.6 Å². The van der Waals surface area contributed by atoms with Crippen molar-refractivity contribution in [3.63, 3.8) is 0 Å². The highest BCUT2D eigenvalue weighted by atomic mass is 79.9. The van der Waals surface area contributed by atoms with E-state index < -0.39 is 0 Å². The lowest BCUT2D eigenvalue weighted by Gasteiger charge is -2.40. The average Bonchev–Trinajstić information content (AvgIpc) is 2.31.